The van der Waals surface area contributed by atoms with Gasteiger partial charge in [-0.15, -0.1) is 12.1 Å². The molecule has 32 heavy (non-hydrogen) atoms. The van der Waals surface area contributed by atoms with E-state index in [4.69, 9.17) is 31.5 Å². The predicted molar refractivity (Wildman–Crippen MR) is 110 cm³/mol. The van der Waals surface area contributed by atoms with Crippen LogP contribution in [0, 0.1) is 5.92 Å². The molecule has 13 heteroatoms. The van der Waals surface area contributed by atoms with Gasteiger partial charge in [-0.2, -0.15) is 0 Å². The van der Waals surface area contributed by atoms with Crippen molar-refractivity contribution >= 4 is 11.9 Å². The first-order valence-corrected chi connectivity index (χ1v) is 9.96. The van der Waals surface area contributed by atoms with Crippen LogP contribution in [-0.2, 0) is 35.4 Å². The maximum absolute atomic E-state index is 13.7. The van der Waals surface area contributed by atoms with E-state index in [1.165, 1.54) is 0 Å². The number of carboxylic acids is 2. The first-order chi connectivity index (χ1) is 14.1. The molecule has 0 aromatic rings. The van der Waals surface area contributed by atoms with Crippen LogP contribution in [0.3, 0.4) is 0 Å². The Hall–Kier alpha value is -0.722. The number of aliphatic carboxylic acids is 2. The number of nitrogens with one attached hydrogen (secondary N) is 2. The van der Waals surface area contributed by atoms with Crippen molar-refractivity contribution < 1.29 is 70.4 Å². The molecule has 1 unspecified atom stereocenters. The zero-order valence-electron chi connectivity index (χ0n) is 18.7. The van der Waals surface area contributed by atoms with Crippen LogP contribution in [0.1, 0.15) is 47.0 Å². The summed E-state index contributed by atoms with van der Waals surface area (Å²) < 4.78 is 18.9. The van der Waals surface area contributed by atoms with Gasteiger partial charge in [-0.1, -0.05) is 27.7 Å². The van der Waals surface area contributed by atoms with E-state index in [9.17, 15) is 29.3 Å². The zero-order chi connectivity index (χ0) is 24.9. The fourth-order valence-electron chi connectivity index (χ4n) is 2.48. The first-order valence-electron chi connectivity index (χ1n) is 9.96. The van der Waals surface area contributed by atoms with E-state index in [0.717, 1.165) is 0 Å². The van der Waals surface area contributed by atoms with Gasteiger partial charge in [0.05, 0.1) is 12.2 Å². The molecular weight excluding hydrogens is 614 g/mol. The maximum Gasteiger partial charge on any atom is 2.00 e. The van der Waals surface area contributed by atoms with Crippen LogP contribution in [0.5, 0.6) is 0 Å². The Balaban J connectivity index is -0.000000803. The average molecular weight is 652 g/mol. The summed E-state index contributed by atoms with van der Waals surface area (Å²) in [5, 5.41) is 55.3. The summed E-state index contributed by atoms with van der Waals surface area (Å²) >= 11 is 0. The van der Waals surface area contributed by atoms with Crippen molar-refractivity contribution in [3.05, 3.63) is 11.5 Å². The van der Waals surface area contributed by atoms with Crippen molar-refractivity contribution in [3.8, 4) is 0 Å². The third-order valence-electron chi connectivity index (χ3n) is 4.01. The molecular formula is C19H37FN2O9Pt. The number of carbonyl (C=O) groups is 2. The molecule has 0 heterocycles. The second-order valence-corrected chi connectivity index (χ2v) is 7.88. The summed E-state index contributed by atoms with van der Waals surface area (Å²) in [5.74, 6) is -4.93. The molecule has 1 rings (SSSR count). The van der Waals surface area contributed by atoms with Gasteiger partial charge in [-0.05, 0) is 12.8 Å². The number of aliphatic hydroxyl groups excluding tert-OH is 4. The average Bonchev–Trinajstić information content (AvgIpc) is 2.63. The van der Waals surface area contributed by atoms with Gasteiger partial charge in [0.2, 0.25) is 0 Å². The third-order valence-corrected chi connectivity index (χ3v) is 4.01. The van der Waals surface area contributed by atoms with Gasteiger partial charge in [0.15, 0.2) is 0 Å². The van der Waals surface area contributed by atoms with Crippen LogP contribution in [0.4, 0.5) is 4.39 Å². The molecule has 8 N–H and O–H groups in total. The maximum atomic E-state index is 13.7. The minimum atomic E-state index is -3.42. The molecule has 194 valence electrons. The van der Waals surface area contributed by atoms with Crippen molar-refractivity contribution in [3.63, 3.8) is 0 Å². The van der Waals surface area contributed by atoms with Crippen LogP contribution in [-0.4, -0.2) is 98.0 Å². The number of ether oxygens (including phenoxy) is 1. The molecule has 1 fully saturated rings. The van der Waals surface area contributed by atoms with E-state index in [1.807, 2.05) is 27.7 Å². The van der Waals surface area contributed by atoms with Crippen molar-refractivity contribution in [2.45, 2.75) is 89.1 Å². The first kappa shape index (κ1) is 35.9. The summed E-state index contributed by atoms with van der Waals surface area (Å²) in [7, 11) is 0. The molecule has 0 radical (unpaired) electrons. The normalized spacial score (nSPS) is 25.1. The van der Waals surface area contributed by atoms with Gasteiger partial charge < -0.3 is 46.8 Å². The molecule has 0 spiro atoms. The zero-order valence-corrected chi connectivity index (χ0v) is 21.0. The topological polar surface area (TPSA) is 212 Å². The van der Waals surface area contributed by atoms with Crippen LogP contribution in [0.25, 0.3) is 11.5 Å². The van der Waals surface area contributed by atoms with Crippen LogP contribution in [0.2, 0.25) is 0 Å². The standard InChI is InChI=1S/C13H21FO9.2C3H8N.Pt/c14-13(11(19)20,12(21)22)2-1-3-23-7-4-6(5-15)8(16)10(18)9(7)17;2*1-3(2)4;/h6-10,15-18H,1-5H2,(H,19,20)(H,21,22);2*3-4H,1-2H3;/q;2*-1;+2/t6-,7?,8-,9+,10+;;;/m1.../s1. The summed E-state index contributed by atoms with van der Waals surface area (Å²) in [6.45, 7) is 6.64. The number of rotatable bonds is 8. The van der Waals surface area contributed by atoms with Gasteiger partial charge in [0.25, 0.3) is 0 Å². The number of hydrogen-bond donors (Lipinski definition) is 6. The number of halogens is 1. The van der Waals surface area contributed by atoms with E-state index in [-0.39, 0.29) is 52.6 Å². The quantitative estimate of drug-likeness (QED) is 0.163. The number of hydrogen-bond acceptors (Lipinski definition) is 7. The molecule has 0 saturated heterocycles. The molecule has 5 atom stereocenters. The summed E-state index contributed by atoms with van der Waals surface area (Å²) in [5.41, 5.74) is 9.75. The fourth-order valence-corrected chi connectivity index (χ4v) is 2.48. The van der Waals surface area contributed by atoms with E-state index in [1.54, 1.807) is 0 Å². The molecule has 0 aromatic heterocycles. The minimum Gasteiger partial charge on any atom is -0.675 e. The molecule has 0 amide bonds. The molecule has 1 aliphatic carbocycles. The van der Waals surface area contributed by atoms with Crippen LogP contribution in [0.15, 0.2) is 0 Å². The van der Waals surface area contributed by atoms with Crippen molar-refractivity contribution in [1.29, 1.82) is 0 Å². The van der Waals surface area contributed by atoms with Gasteiger partial charge in [-0.3, -0.25) is 0 Å². The SMILES string of the molecule is CC(C)[NH-].CC(C)[NH-].O=C(O)C(F)(CCCOC1C[C@H](CO)[C@@H](O)[C@H](O)[C@H]1O)C(=O)O.[Pt+2]. The molecule has 11 nitrogen and oxygen atoms in total. The monoisotopic (exact) mass is 651 g/mol. The summed E-state index contributed by atoms with van der Waals surface area (Å²) in [6.07, 6.45) is -6.25. The Morgan fingerprint density at radius 1 is 1.00 bits per heavy atom. The van der Waals surface area contributed by atoms with Crippen molar-refractivity contribution in [2.75, 3.05) is 13.2 Å². The fraction of sp³-hybridized carbons (Fsp3) is 0.895. The van der Waals surface area contributed by atoms with Gasteiger partial charge in [-0.25, -0.2) is 14.0 Å². The Labute approximate surface area is 202 Å². The molecule has 0 bridgehead atoms. The predicted octanol–water partition coefficient (Wildman–Crippen LogP) is 1.02. The van der Waals surface area contributed by atoms with Crippen molar-refractivity contribution in [1.82, 2.24) is 0 Å². The Bertz CT molecular complexity index is 502. The van der Waals surface area contributed by atoms with Crippen molar-refractivity contribution in [2.24, 2.45) is 5.92 Å². The second-order valence-electron chi connectivity index (χ2n) is 7.88. The number of carboxylic acid groups (broad SMARTS) is 2. The third kappa shape index (κ3) is 13.7. The smallest absolute Gasteiger partial charge is 0.675 e. The number of aliphatic hydroxyl groups is 4. The van der Waals surface area contributed by atoms with Gasteiger partial charge >= 0.3 is 38.7 Å². The van der Waals surface area contributed by atoms with E-state index in [2.05, 4.69) is 0 Å². The van der Waals surface area contributed by atoms with Crippen LogP contribution >= 0.6 is 0 Å². The summed E-state index contributed by atoms with van der Waals surface area (Å²) in [4.78, 5) is 21.3. The second kappa shape index (κ2) is 17.7. The molecule has 1 saturated carbocycles. The minimum absolute atomic E-state index is 0. The van der Waals surface area contributed by atoms with Crippen LogP contribution < -0.4 is 0 Å². The largest absolute Gasteiger partial charge is 2.00 e. The Kier molecular flexibility index (Phi) is 19.9. The number of alkyl halides is 1. The van der Waals surface area contributed by atoms with E-state index >= 15 is 0 Å². The Morgan fingerprint density at radius 2 is 1.41 bits per heavy atom. The molecule has 0 aliphatic heterocycles. The molecule has 1 aliphatic rings. The van der Waals surface area contributed by atoms with E-state index < -0.39 is 61.0 Å². The Morgan fingerprint density at radius 3 is 1.75 bits per heavy atom. The van der Waals surface area contributed by atoms with E-state index in [0.29, 0.717) is 0 Å². The van der Waals surface area contributed by atoms with Gasteiger partial charge in [0, 0.05) is 25.6 Å². The van der Waals surface area contributed by atoms with Gasteiger partial charge in [0.1, 0.15) is 12.2 Å². The summed E-state index contributed by atoms with van der Waals surface area (Å²) in [6, 6.07) is 0.167. The molecule has 0 aromatic carbocycles.